The van der Waals surface area contributed by atoms with Crippen molar-refractivity contribution in [3.8, 4) is 11.1 Å². The van der Waals surface area contributed by atoms with E-state index in [1.807, 2.05) is 78.9 Å². The molecule has 0 aromatic heterocycles. The van der Waals surface area contributed by atoms with Crippen LogP contribution in [0.1, 0.15) is 47.1 Å². The highest BCUT2D eigenvalue weighted by molar-refractivity contribution is 6.76. The Hall–Kier alpha value is -2.94. The van der Waals surface area contributed by atoms with Crippen molar-refractivity contribution in [2.45, 2.75) is 48.9 Å². The van der Waals surface area contributed by atoms with Gasteiger partial charge in [0.2, 0.25) is 0 Å². The second-order valence-electron chi connectivity index (χ2n) is 11.5. The average molecular weight is 668 g/mol. The summed E-state index contributed by atoms with van der Waals surface area (Å²) in [6.45, 7) is 3.92. The lowest BCUT2D eigenvalue weighted by molar-refractivity contribution is -0.276. The summed E-state index contributed by atoms with van der Waals surface area (Å²) in [5.74, 6) is -0.600. The highest BCUT2D eigenvalue weighted by atomic mass is 35.6. The Morgan fingerprint density at radius 1 is 0.844 bits per heavy atom. The minimum atomic E-state index is -2.03. The molecule has 1 heterocycles. The summed E-state index contributed by atoms with van der Waals surface area (Å²) >= 11 is 17.2. The van der Waals surface area contributed by atoms with E-state index in [-0.39, 0.29) is 31.3 Å². The fourth-order valence-corrected chi connectivity index (χ4v) is 5.85. The van der Waals surface area contributed by atoms with Crippen molar-refractivity contribution in [2.75, 3.05) is 13.6 Å². The van der Waals surface area contributed by atoms with Crippen LogP contribution in [0.2, 0.25) is 0 Å². The number of aliphatic hydroxyl groups excluding tert-OH is 1. The number of benzene rings is 4. The number of ether oxygens (including phenoxy) is 2. The molecule has 4 aromatic rings. The van der Waals surface area contributed by atoms with Crippen LogP contribution in [0.4, 0.5) is 0 Å². The second-order valence-corrected chi connectivity index (χ2v) is 13.7. The number of halogens is 3. The second kappa shape index (κ2) is 15.1. The molecule has 5 rings (SSSR count). The molecule has 4 aromatic carbocycles. The number of hydrogen-bond donors (Lipinski definition) is 2. The number of amides is 1. The number of aliphatic hydroxyl groups is 1. The van der Waals surface area contributed by atoms with Gasteiger partial charge in [0, 0.05) is 31.1 Å². The molecule has 45 heavy (non-hydrogen) atoms. The monoisotopic (exact) mass is 666 g/mol. The van der Waals surface area contributed by atoms with E-state index in [1.54, 1.807) is 0 Å². The number of nitrogens with zero attached hydrogens (tertiary/aromatic N) is 1. The molecule has 4 atom stereocenters. The quantitative estimate of drug-likeness (QED) is 0.169. The third kappa shape index (κ3) is 8.66. The van der Waals surface area contributed by atoms with Gasteiger partial charge in [0.1, 0.15) is 0 Å². The summed E-state index contributed by atoms with van der Waals surface area (Å²) < 4.78 is 11.3. The standard InChI is InChI=1S/C36H37Cl3N2O4/c1-24-32(22-41(2)21-25-8-4-3-5-9-25)44-34(45-33(24)28-14-12-26(23-42)13-15-28)29-18-16-27(17-19-29)31-11-7-6-10-30(31)20-40-35(43)36(37,38)39/h3-19,24,32-34,42H,20-23H2,1-2H3,(H,40,43)/t24-,32+,33+,34+/m1/s1. The average Bonchev–Trinajstić information content (AvgIpc) is 3.05. The van der Waals surface area contributed by atoms with Gasteiger partial charge in [-0.15, -0.1) is 0 Å². The van der Waals surface area contributed by atoms with E-state index < -0.39 is 16.0 Å². The van der Waals surface area contributed by atoms with Gasteiger partial charge in [0.05, 0.1) is 18.8 Å². The van der Waals surface area contributed by atoms with Crippen molar-refractivity contribution < 1.29 is 19.4 Å². The van der Waals surface area contributed by atoms with Crippen LogP contribution in [0, 0.1) is 5.92 Å². The minimum Gasteiger partial charge on any atom is -0.392 e. The molecule has 1 amide bonds. The molecule has 1 aliphatic heterocycles. The van der Waals surface area contributed by atoms with Crippen molar-refractivity contribution in [3.05, 3.63) is 131 Å². The topological polar surface area (TPSA) is 71.0 Å². The zero-order valence-corrected chi connectivity index (χ0v) is 27.5. The minimum absolute atomic E-state index is 0.00521. The van der Waals surface area contributed by atoms with Gasteiger partial charge < -0.3 is 19.9 Å². The molecular weight excluding hydrogens is 631 g/mol. The first-order valence-electron chi connectivity index (χ1n) is 14.9. The lowest BCUT2D eigenvalue weighted by atomic mass is 9.90. The fourth-order valence-electron chi connectivity index (χ4n) is 5.65. The van der Waals surface area contributed by atoms with Crippen molar-refractivity contribution in [1.29, 1.82) is 0 Å². The molecule has 0 spiro atoms. The maximum Gasteiger partial charge on any atom is 0.272 e. The van der Waals surface area contributed by atoms with Gasteiger partial charge in [0.25, 0.3) is 9.70 Å². The number of nitrogens with one attached hydrogen (secondary N) is 1. The highest BCUT2D eigenvalue weighted by Gasteiger charge is 2.39. The van der Waals surface area contributed by atoms with Crippen molar-refractivity contribution in [2.24, 2.45) is 5.92 Å². The van der Waals surface area contributed by atoms with Crippen LogP contribution in [0.5, 0.6) is 0 Å². The van der Waals surface area contributed by atoms with Crippen LogP contribution in [0.15, 0.2) is 103 Å². The number of carbonyl (C=O) groups is 1. The zero-order chi connectivity index (χ0) is 32.0. The van der Waals surface area contributed by atoms with Crippen molar-refractivity contribution >= 4 is 40.7 Å². The van der Waals surface area contributed by atoms with Crippen molar-refractivity contribution in [3.63, 3.8) is 0 Å². The van der Waals surface area contributed by atoms with E-state index >= 15 is 0 Å². The van der Waals surface area contributed by atoms with E-state index in [2.05, 4.69) is 48.5 Å². The molecule has 236 valence electrons. The predicted octanol–water partition coefficient (Wildman–Crippen LogP) is 7.76. The molecule has 9 heteroatoms. The summed E-state index contributed by atoms with van der Waals surface area (Å²) in [7, 11) is 2.11. The molecule has 6 nitrogen and oxygen atoms in total. The Bertz CT molecular complexity index is 1550. The molecule has 1 fully saturated rings. The number of rotatable bonds is 10. The third-order valence-electron chi connectivity index (χ3n) is 8.12. The maximum atomic E-state index is 12.1. The first-order chi connectivity index (χ1) is 21.6. The Labute approximate surface area is 279 Å². The van der Waals surface area contributed by atoms with Crippen LogP contribution in [-0.4, -0.2) is 39.4 Å². The number of hydrogen-bond acceptors (Lipinski definition) is 5. The van der Waals surface area contributed by atoms with Crippen LogP contribution in [0.25, 0.3) is 11.1 Å². The van der Waals surface area contributed by atoms with Gasteiger partial charge in [-0.3, -0.25) is 9.69 Å². The normalized spacial score (nSPS) is 20.2. The molecule has 0 radical (unpaired) electrons. The Morgan fingerprint density at radius 2 is 1.49 bits per heavy atom. The zero-order valence-electron chi connectivity index (χ0n) is 25.2. The Balaban J connectivity index is 1.37. The number of alkyl halides is 3. The Kier molecular flexibility index (Phi) is 11.2. The smallest absolute Gasteiger partial charge is 0.272 e. The van der Waals surface area contributed by atoms with Gasteiger partial charge in [-0.1, -0.05) is 145 Å². The predicted molar refractivity (Wildman–Crippen MR) is 180 cm³/mol. The first-order valence-corrected chi connectivity index (χ1v) is 16.0. The summed E-state index contributed by atoms with van der Waals surface area (Å²) in [6.07, 6.45) is -0.873. The van der Waals surface area contributed by atoms with E-state index in [0.29, 0.717) is 0 Å². The van der Waals surface area contributed by atoms with E-state index in [1.165, 1.54) is 5.56 Å². The molecule has 0 saturated carbocycles. The van der Waals surface area contributed by atoms with E-state index in [0.717, 1.165) is 46.5 Å². The number of carbonyl (C=O) groups excluding carboxylic acids is 1. The first kappa shape index (κ1) is 33.4. The van der Waals surface area contributed by atoms with Gasteiger partial charge in [-0.2, -0.15) is 0 Å². The summed E-state index contributed by atoms with van der Waals surface area (Å²) in [5, 5.41) is 12.2. The van der Waals surface area contributed by atoms with Gasteiger partial charge >= 0.3 is 0 Å². The van der Waals surface area contributed by atoms with E-state index in [9.17, 15) is 9.90 Å². The molecule has 0 unspecified atom stereocenters. The molecule has 2 N–H and O–H groups in total. The molecule has 1 aliphatic rings. The highest BCUT2D eigenvalue weighted by Crippen LogP contribution is 2.42. The molecule has 0 bridgehead atoms. The molecule has 0 aliphatic carbocycles. The molecule has 1 saturated heterocycles. The SMILES string of the molecule is C[C@@H]1[C@H](CN(C)Cc2ccccc2)O[C@H](c2ccc(-c3ccccc3CNC(=O)C(Cl)(Cl)Cl)cc2)O[C@@H]1c1ccc(CO)cc1. The lowest BCUT2D eigenvalue weighted by Gasteiger charge is -2.42. The Morgan fingerprint density at radius 3 is 2.16 bits per heavy atom. The van der Waals surface area contributed by atoms with Crippen LogP contribution in [0.3, 0.4) is 0 Å². The fraction of sp³-hybridized carbons (Fsp3) is 0.306. The maximum absolute atomic E-state index is 12.1. The van der Waals surface area contributed by atoms with Crippen LogP contribution < -0.4 is 5.32 Å². The largest absolute Gasteiger partial charge is 0.392 e. The van der Waals surface area contributed by atoms with E-state index in [4.69, 9.17) is 44.3 Å². The molecular formula is C36H37Cl3N2O4. The summed E-state index contributed by atoms with van der Waals surface area (Å²) in [4.78, 5) is 14.4. The third-order valence-corrected chi connectivity index (χ3v) is 8.63. The lowest BCUT2D eigenvalue weighted by Crippen LogP contribution is -2.43. The summed E-state index contributed by atoms with van der Waals surface area (Å²) in [5.41, 5.74) is 6.87. The number of likely N-dealkylation sites (N-methyl/N-ethyl adjacent to an activating group) is 1. The van der Waals surface area contributed by atoms with Crippen LogP contribution >= 0.6 is 34.8 Å². The van der Waals surface area contributed by atoms with Gasteiger partial charge in [0.15, 0.2) is 6.29 Å². The van der Waals surface area contributed by atoms with Gasteiger partial charge in [-0.05, 0) is 40.4 Å². The summed E-state index contributed by atoms with van der Waals surface area (Å²) in [6, 6.07) is 34.2. The van der Waals surface area contributed by atoms with Crippen LogP contribution in [-0.2, 0) is 34.0 Å². The van der Waals surface area contributed by atoms with Gasteiger partial charge in [-0.25, -0.2) is 0 Å². The van der Waals surface area contributed by atoms with Crippen molar-refractivity contribution in [1.82, 2.24) is 10.2 Å².